The van der Waals surface area contributed by atoms with Crippen LogP contribution in [-0.2, 0) is 19.1 Å². The molecule has 0 radical (unpaired) electrons. The van der Waals surface area contributed by atoms with E-state index in [1.54, 1.807) is 48.5 Å². The highest BCUT2D eigenvalue weighted by molar-refractivity contribution is 6.05. The SMILES string of the molecule is CCCCCCOC(=O)/C=C(/Oc1ccccc1NC(=O)c1ccccc1)C(=O)OCCCCCC. The van der Waals surface area contributed by atoms with Crippen LogP contribution in [0.1, 0.15) is 75.6 Å². The maximum Gasteiger partial charge on any atom is 0.374 e. The summed E-state index contributed by atoms with van der Waals surface area (Å²) in [6, 6.07) is 15.4. The zero-order valence-corrected chi connectivity index (χ0v) is 21.3. The molecular formula is C29H37NO6. The quantitative estimate of drug-likeness (QED) is 0.125. The summed E-state index contributed by atoms with van der Waals surface area (Å²) in [6.07, 6.45) is 8.65. The van der Waals surface area contributed by atoms with E-state index in [0.717, 1.165) is 57.4 Å². The van der Waals surface area contributed by atoms with Gasteiger partial charge in [-0.1, -0.05) is 82.7 Å². The Bertz CT molecular complexity index is 986. The predicted molar refractivity (Wildman–Crippen MR) is 140 cm³/mol. The Labute approximate surface area is 213 Å². The minimum Gasteiger partial charge on any atom is -0.462 e. The number of esters is 2. The number of hydrogen-bond donors (Lipinski definition) is 1. The van der Waals surface area contributed by atoms with E-state index < -0.39 is 11.9 Å². The van der Waals surface area contributed by atoms with E-state index in [4.69, 9.17) is 14.2 Å². The van der Waals surface area contributed by atoms with Crippen molar-refractivity contribution in [3.63, 3.8) is 0 Å². The lowest BCUT2D eigenvalue weighted by Gasteiger charge is -2.14. The number of benzene rings is 2. The van der Waals surface area contributed by atoms with E-state index in [9.17, 15) is 14.4 Å². The van der Waals surface area contributed by atoms with Gasteiger partial charge in [0.05, 0.1) is 25.0 Å². The number of carbonyl (C=O) groups excluding carboxylic acids is 3. The Morgan fingerprint density at radius 3 is 2.03 bits per heavy atom. The summed E-state index contributed by atoms with van der Waals surface area (Å²) < 4.78 is 16.4. The van der Waals surface area contributed by atoms with Crippen molar-refractivity contribution in [2.75, 3.05) is 18.5 Å². The molecule has 1 amide bonds. The summed E-state index contributed by atoms with van der Waals surface area (Å²) in [5.41, 5.74) is 0.821. The molecule has 0 saturated heterocycles. The molecule has 0 aliphatic heterocycles. The molecule has 0 bridgehead atoms. The van der Waals surface area contributed by atoms with Gasteiger partial charge in [-0.3, -0.25) is 4.79 Å². The number of para-hydroxylation sites is 2. The lowest BCUT2D eigenvalue weighted by molar-refractivity contribution is -0.143. The molecule has 0 aromatic heterocycles. The van der Waals surface area contributed by atoms with Crippen LogP contribution in [-0.4, -0.2) is 31.1 Å². The van der Waals surface area contributed by atoms with E-state index in [0.29, 0.717) is 11.3 Å². The second kappa shape index (κ2) is 16.9. The molecule has 0 heterocycles. The van der Waals surface area contributed by atoms with Crippen LogP contribution in [0.15, 0.2) is 66.4 Å². The fourth-order valence-corrected chi connectivity index (χ4v) is 3.31. The highest BCUT2D eigenvalue weighted by Crippen LogP contribution is 2.27. The summed E-state index contributed by atoms with van der Waals surface area (Å²) >= 11 is 0. The average molecular weight is 496 g/mol. The molecule has 2 aromatic carbocycles. The number of rotatable bonds is 16. The van der Waals surface area contributed by atoms with Crippen LogP contribution < -0.4 is 10.1 Å². The molecule has 2 aromatic rings. The molecule has 0 atom stereocenters. The standard InChI is InChI=1S/C29H37NO6/c1-3-5-7-14-20-34-27(31)22-26(29(33)35-21-15-8-6-4-2)36-25-19-13-12-18-24(25)30-28(32)23-16-10-9-11-17-23/h9-13,16-19,22H,3-8,14-15,20-21H2,1-2H3,(H,30,32)/b26-22+. The van der Waals surface area contributed by atoms with Crippen LogP contribution >= 0.6 is 0 Å². The number of nitrogens with one attached hydrogen (secondary N) is 1. The van der Waals surface area contributed by atoms with Crippen molar-refractivity contribution < 1.29 is 28.6 Å². The Hall–Kier alpha value is -3.61. The Morgan fingerprint density at radius 1 is 0.750 bits per heavy atom. The summed E-state index contributed by atoms with van der Waals surface area (Å²) in [4.78, 5) is 37.8. The summed E-state index contributed by atoms with van der Waals surface area (Å²) in [6.45, 7) is 4.69. The molecule has 36 heavy (non-hydrogen) atoms. The van der Waals surface area contributed by atoms with Gasteiger partial charge in [0.1, 0.15) is 0 Å². The van der Waals surface area contributed by atoms with Gasteiger partial charge in [-0.25, -0.2) is 9.59 Å². The Kier molecular flexibility index (Phi) is 13.5. The van der Waals surface area contributed by atoms with Crippen molar-refractivity contribution >= 4 is 23.5 Å². The van der Waals surface area contributed by atoms with Crippen LogP contribution in [0, 0.1) is 0 Å². The number of hydrogen-bond acceptors (Lipinski definition) is 6. The summed E-state index contributed by atoms with van der Waals surface area (Å²) in [5.74, 6) is -1.88. The second-order valence-corrected chi connectivity index (χ2v) is 8.35. The zero-order chi connectivity index (χ0) is 26.0. The average Bonchev–Trinajstić information content (AvgIpc) is 2.89. The highest BCUT2D eigenvalue weighted by Gasteiger charge is 2.19. The van der Waals surface area contributed by atoms with Crippen LogP contribution in [0.5, 0.6) is 5.75 Å². The van der Waals surface area contributed by atoms with Crippen molar-refractivity contribution in [1.29, 1.82) is 0 Å². The first-order valence-electron chi connectivity index (χ1n) is 12.7. The third-order valence-electron chi connectivity index (χ3n) is 5.31. The lowest BCUT2D eigenvalue weighted by atomic mass is 10.2. The molecule has 0 spiro atoms. The van der Waals surface area contributed by atoms with Gasteiger partial charge < -0.3 is 19.5 Å². The van der Waals surface area contributed by atoms with Crippen molar-refractivity contribution in [2.45, 2.75) is 65.2 Å². The predicted octanol–water partition coefficient (Wildman–Crippen LogP) is 6.45. The van der Waals surface area contributed by atoms with Gasteiger partial charge in [-0.2, -0.15) is 0 Å². The monoisotopic (exact) mass is 495 g/mol. The number of amides is 1. The normalized spacial score (nSPS) is 11.0. The Balaban J connectivity index is 2.13. The molecule has 0 aliphatic rings. The van der Waals surface area contributed by atoms with Gasteiger partial charge in [0.2, 0.25) is 5.76 Å². The molecule has 0 aliphatic carbocycles. The van der Waals surface area contributed by atoms with E-state index in [1.165, 1.54) is 0 Å². The first kappa shape index (κ1) is 28.6. The summed E-state index contributed by atoms with van der Waals surface area (Å²) in [7, 11) is 0. The molecule has 2 rings (SSSR count). The number of anilines is 1. The smallest absolute Gasteiger partial charge is 0.374 e. The van der Waals surface area contributed by atoms with E-state index in [-0.39, 0.29) is 30.6 Å². The van der Waals surface area contributed by atoms with Gasteiger partial charge in [-0.15, -0.1) is 0 Å². The largest absolute Gasteiger partial charge is 0.462 e. The molecule has 194 valence electrons. The topological polar surface area (TPSA) is 90.9 Å². The minimum absolute atomic E-state index is 0.201. The van der Waals surface area contributed by atoms with Gasteiger partial charge in [-0.05, 0) is 37.1 Å². The third kappa shape index (κ3) is 10.8. The van der Waals surface area contributed by atoms with Crippen LogP contribution in [0.25, 0.3) is 0 Å². The van der Waals surface area contributed by atoms with Gasteiger partial charge in [0.15, 0.2) is 5.75 Å². The highest BCUT2D eigenvalue weighted by atomic mass is 16.6. The number of unbranched alkanes of at least 4 members (excludes halogenated alkanes) is 6. The molecule has 0 saturated carbocycles. The van der Waals surface area contributed by atoms with E-state index in [2.05, 4.69) is 19.2 Å². The molecule has 7 nitrogen and oxygen atoms in total. The van der Waals surface area contributed by atoms with Crippen LogP contribution in [0.3, 0.4) is 0 Å². The van der Waals surface area contributed by atoms with Crippen molar-refractivity contribution in [1.82, 2.24) is 0 Å². The maximum absolute atomic E-state index is 12.8. The first-order valence-corrected chi connectivity index (χ1v) is 12.7. The van der Waals surface area contributed by atoms with Gasteiger partial charge in [0, 0.05) is 5.56 Å². The minimum atomic E-state index is -0.765. The molecule has 0 unspecified atom stereocenters. The molecular weight excluding hydrogens is 458 g/mol. The maximum atomic E-state index is 12.8. The van der Waals surface area contributed by atoms with Crippen molar-refractivity contribution in [3.05, 3.63) is 72.0 Å². The third-order valence-corrected chi connectivity index (χ3v) is 5.31. The number of carbonyl (C=O) groups is 3. The molecule has 0 fully saturated rings. The Morgan fingerprint density at radius 2 is 1.36 bits per heavy atom. The van der Waals surface area contributed by atoms with E-state index >= 15 is 0 Å². The van der Waals surface area contributed by atoms with Gasteiger partial charge >= 0.3 is 11.9 Å². The van der Waals surface area contributed by atoms with Crippen LogP contribution in [0.2, 0.25) is 0 Å². The summed E-state index contributed by atoms with van der Waals surface area (Å²) in [5, 5.41) is 2.79. The van der Waals surface area contributed by atoms with E-state index in [1.807, 2.05) is 6.07 Å². The van der Waals surface area contributed by atoms with Gasteiger partial charge in [0.25, 0.3) is 5.91 Å². The molecule has 1 N–H and O–H groups in total. The first-order chi connectivity index (χ1) is 17.5. The molecule has 7 heteroatoms. The van der Waals surface area contributed by atoms with Crippen molar-refractivity contribution in [2.24, 2.45) is 0 Å². The van der Waals surface area contributed by atoms with Crippen molar-refractivity contribution in [3.8, 4) is 5.75 Å². The lowest BCUT2D eigenvalue weighted by Crippen LogP contribution is -2.18. The fraction of sp³-hybridized carbons (Fsp3) is 0.414. The number of ether oxygens (including phenoxy) is 3. The second-order valence-electron chi connectivity index (χ2n) is 8.35. The zero-order valence-electron chi connectivity index (χ0n) is 21.3. The fourth-order valence-electron chi connectivity index (χ4n) is 3.31. The van der Waals surface area contributed by atoms with Crippen LogP contribution in [0.4, 0.5) is 5.69 Å².